The first-order valence-electron chi connectivity index (χ1n) is 7.43. The lowest BCUT2D eigenvalue weighted by molar-refractivity contribution is -0.481. The Balaban J connectivity index is 2.14. The summed E-state index contributed by atoms with van der Waals surface area (Å²) >= 11 is 0. The minimum atomic E-state index is -0.299. The molecule has 5 heteroatoms. The molecule has 0 aliphatic carbocycles. The molecule has 3 aromatic rings. The SMILES string of the molecule is COc1ccc(C(C[N+](=O)[O-])c2c(C)[nH]c3ccccc23)cc1. The second-order valence-corrected chi connectivity index (χ2v) is 5.55. The van der Waals surface area contributed by atoms with Crippen molar-refractivity contribution in [2.24, 2.45) is 0 Å². The number of nitro groups is 1. The van der Waals surface area contributed by atoms with Crippen LogP contribution < -0.4 is 4.74 Å². The topological polar surface area (TPSA) is 68.2 Å². The van der Waals surface area contributed by atoms with Crippen LogP contribution in [0.5, 0.6) is 5.75 Å². The smallest absolute Gasteiger partial charge is 0.214 e. The number of ether oxygens (including phenoxy) is 1. The molecule has 5 nitrogen and oxygen atoms in total. The quantitative estimate of drug-likeness (QED) is 0.574. The van der Waals surface area contributed by atoms with Gasteiger partial charge in [-0.05, 0) is 36.2 Å². The van der Waals surface area contributed by atoms with Gasteiger partial charge in [-0.2, -0.15) is 0 Å². The summed E-state index contributed by atoms with van der Waals surface area (Å²) in [7, 11) is 1.60. The Kier molecular flexibility index (Phi) is 4.02. The predicted molar refractivity (Wildman–Crippen MR) is 89.7 cm³/mol. The number of aryl methyl sites for hydroxylation is 1. The zero-order chi connectivity index (χ0) is 16.4. The molecule has 1 N–H and O–H groups in total. The molecule has 0 bridgehead atoms. The first-order chi connectivity index (χ1) is 11.1. The Morgan fingerprint density at radius 1 is 1.17 bits per heavy atom. The van der Waals surface area contributed by atoms with Gasteiger partial charge in [0.2, 0.25) is 6.54 Å². The van der Waals surface area contributed by atoms with Crippen LogP contribution in [-0.2, 0) is 0 Å². The summed E-state index contributed by atoms with van der Waals surface area (Å²) < 4.78 is 5.17. The summed E-state index contributed by atoms with van der Waals surface area (Å²) in [4.78, 5) is 14.3. The highest BCUT2D eigenvalue weighted by Crippen LogP contribution is 2.34. The van der Waals surface area contributed by atoms with Crippen molar-refractivity contribution in [1.82, 2.24) is 4.98 Å². The maximum atomic E-state index is 11.2. The number of H-pyrrole nitrogens is 1. The largest absolute Gasteiger partial charge is 0.497 e. The fourth-order valence-corrected chi connectivity index (χ4v) is 3.10. The summed E-state index contributed by atoms with van der Waals surface area (Å²) in [6.07, 6.45) is 0. The molecule has 23 heavy (non-hydrogen) atoms. The fraction of sp³-hybridized carbons (Fsp3) is 0.222. The molecule has 1 unspecified atom stereocenters. The van der Waals surface area contributed by atoms with Crippen molar-refractivity contribution in [2.45, 2.75) is 12.8 Å². The zero-order valence-corrected chi connectivity index (χ0v) is 13.1. The molecule has 0 aliphatic rings. The number of fused-ring (bicyclic) bond motifs is 1. The average Bonchev–Trinajstić information content (AvgIpc) is 2.88. The number of rotatable bonds is 5. The van der Waals surface area contributed by atoms with Gasteiger partial charge in [-0.25, -0.2) is 0 Å². The van der Waals surface area contributed by atoms with E-state index in [2.05, 4.69) is 4.98 Å². The van der Waals surface area contributed by atoms with Crippen LogP contribution in [0, 0.1) is 17.0 Å². The molecule has 0 saturated carbocycles. The van der Waals surface area contributed by atoms with Crippen LogP contribution >= 0.6 is 0 Å². The first kappa shape index (κ1) is 15.1. The molecular weight excluding hydrogens is 292 g/mol. The molecule has 0 radical (unpaired) electrons. The molecule has 0 aliphatic heterocycles. The molecule has 0 fully saturated rings. The van der Waals surface area contributed by atoms with Gasteiger partial charge in [-0.3, -0.25) is 10.1 Å². The number of nitrogens with one attached hydrogen (secondary N) is 1. The maximum absolute atomic E-state index is 11.2. The van der Waals surface area contributed by atoms with E-state index in [-0.39, 0.29) is 17.4 Å². The van der Waals surface area contributed by atoms with E-state index in [0.29, 0.717) is 0 Å². The second kappa shape index (κ2) is 6.12. The lowest BCUT2D eigenvalue weighted by Gasteiger charge is -2.15. The molecule has 118 valence electrons. The number of hydrogen-bond acceptors (Lipinski definition) is 3. The van der Waals surface area contributed by atoms with Gasteiger partial charge >= 0.3 is 0 Å². The highest BCUT2D eigenvalue weighted by molar-refractivity contribution is 5.85. The predicted octanol–water partition coefficient (Wildman–Crippen LogP) is 3.89. The third-order valence-electron chi connectivity index (χ3n) is 4.14. The maximum Gasteiger partial charge on any atom is 0.214 e. The van der Waals surface area contributed by atoms with Gasteiger partial charge in [0.05, 0.1) is 13.0 Å². The molecule has 1 atom stereocenters. The Bertz CT molecular complexity index is 837. The van der Waals surface area contributed by atoms with E-state index in [4.69, 9.17) is 4.74 Å². The number of hydrogen-bond donors (Lipinski definition) is 1. The van der Waals surface area contributed by atoms with Gasteiger partial charge in [0, 0.05) is 21.5 Å². The Morgan fingerprint density at radius 3 is 2.52 bits per heavy atom. The molecule has 0 amide bonds. The van der Waals surface area contributed by atoms with Crippen LogP contribution in [-0.4, -0.2) is 23.6 Å². The molecule has 1 heterocycles. The van der Waals surface area contributed by atoms with Gasteiger partial charge in [0.15, 0.2) is 0 Å². The highest BCUT2D eigenvalue weighted by Gasteiger charge is 2.25. The monoisotopic (exact) mass is 310 g/mol. The van der Waals surface area contributed by atoms with Crippen LogP contribution in [0.2, 0.25) is 0 Å². The third kappa shape index (κ3) is 2.90. The highest BCUT2D eigenvalue weighted by atomic mass is 16.6. The van der Waals surface area contributed by atoms with Crippen molar-refractivity contribution in [3.8, 4) is 5.75 Å². The van der Waals surface area contributed by atoms with E-state index >= 15 is 0 Å². The minimum Gasteiger partial charge on any atom is -0.497 e. The van der Waals surface area contributed by atoms with Crippen LogP contribution in [0.15, 0.2) is 48.5 Å². The van der Waals surface area contributed by atoms with Crippen molar-refractivity contribution in [2.75, 3.05) is 13.7 Å². The van der Waals surface area contributed by atoms with E-state index in [0.717, 1.165) is 33.5 Å². The summed E-state index contributed by atoms with van der Waals surface area (Å²) in [5, 5.41) is 12.3. The zero-order valence-electron chi connectivity index (χ0n) is 13.1. The summed E-state index contributed by atoms with van der Waals surface area (Å²) in [5.41, 5.74) is 3.87. The van der Waals surface area contributed by atoms with E-state index in [1.807, 2.05) is 55.5 Å². The van der Waals surface area contributed by atoms with Gasteiger partial charge < -0.3 is 9.72 Å². The van der Waals surface area contributed by atoms with Gasteiger partial charge in [0.1, 0.15) is 5.75 Å². The number of aromatic amines is 1. The average molecular weight is 310 g/mol. The van der Waals surface area contributed by atoms with Gasteiger partial charge in [-0.15, -0.1) is 0 Å². The molecule has 3 rings (SSSR count). The Morgan fingerprint density at radius 2 is 1.87 bits per heavy atom. The summed E-state index contributed by atoms with van der Waals surface area (Å²) in [5.74, 6) is 0.441. The van der Waals surface area contributed by atoms with Gasteiger partial charge in [0.25, 0.3) is 0 Å². The molecule has 0 spiro atoms. The Hall–Kier alpha value is -2.82. The van der Waals surface area contributed by atoms with Crippen LogP contribution in [0.1, 0.15) is 22.7 Å². The fourth-order valence-electron chi connectivity index (χ4n) is 3.10. The third-order valence-corrected chi connectivity index (χ3v) is 4.14. The normalized spacial score (nSPS) is 12.3. The number of methoxy groups -OCH3 is 1. The molecule has 0 saturated heterocycles. The lowest BCUT2D eigenvalue weighted by atomic mass is 9.89. The van der Waals surface area contributed by atoms with Crippen molar-refractivity contribution in [1.29, 1.82) is 0 Å². The number of aromatic nitrogens is 1. The standard InChI is InChI=1S/C18H18N2O3/c1-12-18(15-5-3-4-6-17(15)19-12)16(11-20(21)22)13-7-9-14(23-2)10-8-13/h3-10,16,19H,11H2,1-2H3. The van der Waals surface area contributed by atoms with Crippen molar-refractivity contribution < 1.29 is 9.66 Å². The van der Waals surface area contributed by atoms with E-state index in [1.54, 1.807) is 7.11 Å². The number of nitrogens with zero attached hydrogens (tertiary/aromatic N) is 1. The summed E-state index contributed by atoms with van der Waals surface area (Å²) in [6.45, 7) is 1.82. The van der Waals surface area contributed by atoms with Crippen molar-refractivity contribution in [3.63, 3.8) is 0 Å². The number of para-hydroxylation sites is 1. The van der Waals surface area contributed by atoms with E-state index in [9.17, 15) is 10.1 Å². The van der Waals surface area contributed by atoms with Crippen molar-refractivity contribution in [3.05, 3.63) is 75.5 Å². The van der Waals surface area contributed by atoms with Crippen LogP contribution in [0.4, 0.5) is 0 Å². The number of benzene rings is 2. The molecule has 2 aromatic carbocycles. The van der Waals surface area contributed by atoms with E-state index in [1.165, 1.54) is 0 Å². The molecular formula is C18H18N2O3. The van der Waals surface area contributed by atoms with Crippen molar-refractivity contribution >= 4 is 10.9 Å². The van der Waals surface area contributed by atoms with Crippen LogP contribution in [0.25, 0.3) is 10.9 Å². The minimum absolute atomic E-state index is 0.144. The molecule has 1 aromatic heterocycles. The second-order valence-electron chi connectivity index (χ2n) is 5.55. The summed E-state index contributed by atoms with van der Waals surface area (Å²) in [6, 6.07) is 15.4. The lowest BCUT2D eigenvalue weighted by Crippen LogP contribution is -2.14. The first-order valence-corrected chi connectivity index (χ1v) is 7.43. The Labute approximate surface area is 134 Å². The van der Waals surface area contributed by atoms with Gasteiger partial charge in [-0.1, -0.05) is 30.3 Å². The van der Waals surface area contributed by atoms with E-state index < -0.39 is 0 Å². The van der Waals surface area contributed by atoms with Crippen LogP contribution in [0.3, 0.4) is 0 Å².